The molecule has 2 aromatic rings. The van der Waals surface area contributed by atoms with Crippen molar-refractivity contribution in [1.29, 1.82) is 0 Å². The molecule has 0 radical (unpaired) electrons. The van der Waals surface area contributed by atoms with Crippen molar-refractivity contribution in [1.82, 2.24) is 14.9 Å². The molecule has 0 unspecified atom stereocenters. The van der Waals surface area contributed by atoms with Crippen LogP contribution in [0.25, 0.3) is 0 Å². The van der Waals surface area contributed by atoms with Gasteiger partial charge in [0, 0.05) is 10.6 Å². The number of hydrogen-bond donors (Lipinski definition) is 2. The first-order chi connectivity index (χ1) is 8.08. The van der Waals surface area contributed by atoms with Crippen LogP contribution in [0.2, 0.25) is 5.02 Å². The molecule has 5 nitrogen and oxygen atoms in total. The van der Waals surface area contributed by atoms with E-state index in [2.05, 4.69) is 15.3 Å². The first-order valence-electron chi connectivity index (χ1n) is 4.75. The molecule has 0 bridgehead atoms. The number of halogens is 1. The molecule has 0 atom stereocenters. The van der Waals surface area contributed by atoms with Crippen molar-refractivity contribution in [2.24, 2.45) is 5.10 Å². The van der Waals surface area contributed by atoms with Gasteiger partial charge in [0.25, 0.3) is 0 Å². The van der Waals surface area contributed by atoms with Crippen LogP contribution in [-0.4, -0.2) is 26.2 Å². The zero-order chi connectivity index (χ0) is 12.4. The minimum Gasteiger partial charge on any atom is -0.507 e. The van der Waals surface area contributed by atoms with E-state index in [0.29, 0.717) is 21.2 Å². The molecular formula is C10H9ClN4OS. The van der Waals surface area contributed by atoms with Crippen molar-refractivity contribution in [2.45, 2.75) is 6.92 Å². The molecule has 1 aromatic heterocycles. The number of H-pyrrole nitrogens is 1. The molecular weight excluding hydrogens is 260 g/mol. The predicted molar refractivity (Wildman–Crippen MR) is 68.3 cm³/mol. The standard InChI is InChI=1S/C10H9ClN4OS/c1-6-13-14-10(17)15(6)12-5-7-4-8(11)2-3-9(7)16/h2-5,16H,1H3,(H,14,17). The maximum absolute atomic E-state index is 9.59. The van der Waals surface area contributed by atoms with E-state index in [-0.39, 0.29) is 5.75 Å². The third-order valence-corrected chi connectivity index (χ3v) is 2.61. The number of aromatic nitrogens is 3. The SMILES string of the molecule is Cc1n[nH]c(=S)n1N=Cc1cc(Cl)ccc1O. The van der Waals surface area contributed by atoms with Crippen LogP contribution >= 0.6 is 23.8 Å². The average molecular weight is 269 g/mol. The minimum atomic E-state index is 0.103. The van der Waals surface area contributed by atoms with E-state index in [1.165, 1.54) is 17.0 Å². The Kier molecular flexibility index (Phi) is 3.26. The van der Waals surface area contributed by atoms with E-state index in [0.717, 1.165) is 0 Å². The van der Waals surface area contributed by atoms with Crippen LogP contribution in [0.1, 0.15) is 11.4 Å². The van der Waals surface area contributed by atoms with Gasteiger partial charge in [-0.2, -0.15) is 14.9 Å². The summed E-state index contributed by atoms with van der Waals surface area (Å²) in [6.45, 7) is 1.77. The van der Waals surface area contributed by atoms with Gasteiger partial charge in [-0.05, 0) is 37.3 Å². The van der Waals surface area contributed by atoms with Gasteiger partial charge in [0.05, 0.1) is 6.21 Å². The van der Waals surface area contributed by atoms with E-state index in [1.54, 1.807) is 19.1 Å². The summed E-state index contributed by atoms with van der Waals surface area (Å²) < 4.78 is 1.84. The summed E-state index contributed by atoms with van der Waals surface area (Å²) in [4.78, 5) is 0. The molecule has 0 amide bonds. The van der Waals surface area contributed by atoms with Crippen molar-refractivity contribution in [3.63, 3.8) is 0 Å². The van der Waals surface area contributed by atoms with Gasteiger partial charge in [-0.15, -0.1) is 0 Å². The van der Waals surface area contributed by atoms with Crippen LogP contribution in [0.4, 0.5) is 0 Å². The number of rotatable bonds is 2. The zero-order valence-corrected chi connectivity index (χ0v) is 10.5. The second kappa shape index (κ2) is 4.68. The number of phenolic OH excluding ortho intramolecular Hbond substituents is 1. The number of nitrogens with zero attached hydrogens (tertiary/aromatic N) is 3. The quantitative estimate of drug-likeness (QED) is 0.650. The van der Waals surface area contributed by atoms with E-state index in [9.17, 15) is 5.11 Å². The largest absolute Gasteiger partial charge is 0.507 e. The Balaban J connectivity index is 2.39. The highest BCUT2D eigenvalue weighted by Crippen LogP contribution is 2.19. The molecule has 88 valence electrons. The second-order valence-electron chi connectivity index (χ2n) is 3.34. The predicted octanol–water partition coefficient (Wildman–Crippen LogP) is 2.49. The smallest absolute Gasteiger partial charge is 0.216 e. The molecule has 2 N–H and O–H groups in total. The Hall–Kier alpha value is -1.66. The summed E-state index contributed by atoms with van der Waals surface area (Å²) in [5.41, 5.74) is 0.514. The summed E-state index contributed by atoms with van der Waals surface area (Å²) in [5.74, 6) is 0.735. The van der Waals surface area contributed by atoms with Gasteiger partial charge in [0.2, 0.25) is 4.77 Å². The van der Waals surface area contributed by atoms with Crippen molar-refractivity contribution in [2.75, 3.05) is 0 Å². The Morgan fingerprint density at radius 2 is 2.35 bits per heavy atom. The van der Waals surface area contributed by atoms with Crippen LogP contribution in [-0.2, 0) is 0 Å². The molecule has 0 aliphatic rings. The summed E-state index contributed by atoms with van der Waals surface area (Å²) in [5, 5.41) is 20.8. The number of aryl methyl sites for hydroxylation is 1. The number of aromatic hydroxyl groups is 1. The van der Waals surface area contributed by atoms with Gasteiger partial charge >= 0.3 is 0 Å². The van der Waals surface area contributed by atoms with Crippen molar-refractivity contribution >= 4 is 30.0 Å². The number of aromatic amines is 1. The highest BCUT2D eigenvalue weighted by Gasteiger charge is 2.01. The normalized spacial score (nSPS) is 11.2. The van der Waals surface area contributed by atoms with E-state index in [4.69, 9.17) is 23.8 Å². The van der Waals surface area contributed by atoms with E-state index in [1.807, 2.05) is 0 Å². The Morgan fingerprint density at radius 3 is 3.00 bits per heavy atom. The van der Waals surface area contributed by atoms with Gasteiger partial charge in [-0.3, -0.25) is 5.10 Å². The molecule has 2 rings (SSSR count). The molecule has 0 saturated heterocycles. The maximum Gasteiger partial charge on any atom is 0.216 e. The van der Waals surface area contributed by atoms with Gasteiger partial charge < -0.3 is 5.11 Å². The lowest BCUT2D eigenvalue weighted by atomic mass is 10.2. The van der Waals surface area contributed by atoms with E-state index >= 15 is 0 Å². The number of benzene rings is 1. The molecule has 0 aliphatic carbocycles. The molecule has 17 heavy (non-hydrogen) atoms. The summed E-state index contributed by atoms with van der Waals surface area (Å²) >= 11 is 10.8. The molecule has 1 aromatic carbocycles. The molecule has 0 saturated carbocycles. The average Bonchev–Trinajstić information content (AvgIpc) is 2.61. The van der Waals surface area contributed by atoms with Crippen molar-refractivity contribution < 1.29 is 5.11 Å². The van der Waals surface area contributed by atoms with Gasteiger partial charge in [0.1, 0.15) is 11.6 Å². The fourth-order valence-electron chi connectivity index (χ4n) is 1.26. The van der Waals surface area contributed by atoms with Crippen LogP contribution in [0.5, 0.6) is 5.75 Å². The van der Waals surface area contributed by atoms with Gasteiger partial charge in [-0.25, -0.2) is 0 Å². The van der Waals surface area contributed by atoms with Gasteiger partial charge in [-0.1, -0.05) is 11.6 Å². The number of hydrogen-bond acceptors (Lipinski definition) is 4. The highest BCUT2D eigenvalue weighted by molar-refractivity contribution is 7.71. The lowest BCUT2D eigenvalue weighted by Gasteiger charge is -1.99. The van der Waals surface area contributed by atoms with Crippen molar-refractivity contribution in [3.8, 4) is 5.75 Å². The highest BCUT2D eigenvalue weighted by atomic mass is 35.5. The van der Waals surface area contributed by atoms with Crippen LogP contribution < -0.4 is 0 Å². The van der Waals surface area contributed by atoms with Crippen LogP contribution in [0, 0.1) is 11.7 Å². The van der Waals surface area contributed by atoms with E-state index < -0.39 is 0 Å². The number of phenols is 1. The fraction of sp³-hybridized carbons (Fsp3) is 0.100. The Morgan fingerprint density at radius 1 is 1.59 bits per heavy atom. The lowest BCUT2D eigenvalue weighted by molar-refractivity contribution is 0.474. The summed E-state index contributed by atoms with van der Waals surface area (Å²) in [6, 6.07) is 4.72. The molecule has 0 spiro atoms. The third kappa shape index (κ3) is 2.54. The minimum absolute atomic E-state index is 0.103. The monoisotopic (exact) mass is 268 g/mol. The fourth-order valence-corrected chi connectivity index (χ4v) is 1.66. The van der Waals surface area contributed by atoms with Crippen molar-refractivity contribution in [3.05, 3.63) is 39.4 Å². The molecule has 0 aliphatic heterocycles. The first-order valence-corrected chi connectivity index (χ1v) is 5.53. The maximum atomic E-state index is 9.59. The Labute approximate surface area is 107 Å². The zero-order valence-electron chi connectivity index (χ0n) is 8.88. The molecule has 0 fully saturated rings. The van der Waals surface area contributed by atoms with Crippen LogP contribution in [0.3, 0.4) is 0 Å². The summed E-state index contributed by atoms with van der Waals surface area (Å²) in [6.07, 6.45) is 1.47. The number of nitrogens with one attached hydrogen (secondary N) is 1. The summed E-state index contributed by atoms with van der Waals surface area (Å²) in [7, 11) is 0. The third-order valence-electron chi connectivity index (χ3n) is 2.11. The second-order valence-corrected chi connectivity index (χ2v) is 4.16. The molecule has 7 heteroatoms. The lowest BCUT2D eigenvalue weighted by Crippen LogP contribution is -1.94. The van der Waals surface area contributed by atoms with Crippen LogP contribution in [0.15, 0.2) is 23.3 Å². The Bertz CT molecular complexity index is 631. The first kappa shape index (κ1) is 11.8. The van der Waals surface area contributed by atoms with Gasteiger partial charge in [0.15, 0.2) is 0 Å². The molecule has 1 heterocycles. The topological polar surface area (TPSA) is 66.2 Å².